The minimum Gasteiger partial charge on any atom is -0.494 e. The summed E-state index contributed by atoms with van der Waals surface area (Å²) in [6.45, 7) is 0. The molecular formula is C21H16FN3O2. The Morgan fingerprint density at radius 3 is 2.33 bits per heavy atom. The zero-order valence-corrected chi connectivity index (χ0v) is 14.5. The topological polar surface area (TPSA) is 56.1 Å². The highest BCUT2D eigenvalue weighted by Crippen LogP contribution is 2.27. The Kier molecular flexibility index (Phi) is 4.30. The number of aromatic nitrogens is 2. The van der Waals surface area contributed by atoms with E-state index in [1.54, 1.807) is 12.1 Å². The van der Waals surface area contributed by atoms with Crippen LogP contribution in [0.2, 0.25) is 0 Å². The molecule has 0 saturated heterocycles. The van der Waals surface area contributed by atoms with E-state index in [2.05, 4.69) is 10.3 Å². The highest BCUT2D eigenvalue weighted by atomic mass is 19.1. The van der Waals surface area contributed by atoms with Gasteiger partial charge in [-0.3, -0.25) is 4.79 Å². The van der Waals surface area contributed by atoms with Crippen molar-refractivity contribution in [2.24, 2.45) is 0 Å². The van der Waals surface area contributed by atoms with E-state index in [4.69, 9.17) is 4.74 Å². The summed E-state index contributed by atoms with van der Waals surface area (Å²) in [5.41, 5.74) is 1.31. The van der Waals surface area contributed by atoms with Crippen molar-refractivity contribution in [3.05, 3.63) is 89.0 Å². The maximum Gasteiger partial charge on any atom is 0.267 e. The van der Waals surface area contributed by atoms with Crippen LogP contribution in [0.1, 0.15) is 0 Å². The molecule has 0 atom stereocenters. The first kappa shape index (κ1) is 16.8. The lowest BCUT2D eigenvalue weighted by molar-refractivity contribution is 0.415. The standard InChI is InChI=1S/C21H16FN3O2/c1-27-18-13-14(22)12-17-19(18)24-21(23-15-8-4-2-5-9-15)25(20(17)26)16-10-6-3-7-11-16/h2-13H,1H3,(H,23,24). The van der Waals surface area contributed by atoms with Gasteiger partial charge in [-0.25, -0.2) is 13.9 Å². The van der Waals surface area contributed by atoms with Crippen LogP contribution in [0.25, 0.3) is 16.6 Å². The molecule has 6 heteroatoms. The third kappa shape index (κ3) is 3.13. The van der Waals surface area contributed by atoms with Gasteiger partial charge in [-0.2, -0.15) is 0 Å². The Bertz CT molecular complexity index is 1160. The number of fused-ring (bicyclic) bond motifs is 1. The zero-order valence-electron chi connectivity index (χ0n) is 14.5. The van der Waals surface area contributed by atoms with Gasteiger partial charge in [-0.15, -0.1) is 0 Å². The number of hydrogen-bond acceptors (Lipinski definition) is 4. The van der Waals surface area contributed by atoms with Crippen molar-refractivity contribution in [1.82, 2.24) is 9.55 Å². The predicted octanol–water partition coefficient (Wildman–Crippen LogP) is 4.28. The number of nitrogens with one attached hydrogen (secondary N) is 1. The van der Waals surface area contributed by atoms with E-state index in [1.807, 2.05) is 48.5 Å². The Labute approximate surface area is 154 Å². The van der Waals surface area contributed by atoms with Crippen LogP contribution in [-0.2, 0) is 0 Å². The number of benzene rings is 3. The van der Waals surface area contributed by atoms with Gasteiger partial charge in [0.2, 0.25) is 5.95 Å². The average molecular weight is 361 g/mol. The fraction of sp³-hybridized carbons (Fsp3) is 0.0476. The van der Waals surface area contributed by atoms with E-state index < -0.39 is 5.82 Å². The molecule has 3 aromatic carbocycles. The Morgan fingerprint density at radius 1 is 1.00 bits per heavy atom. The second-order valence-corrected chi connectivity index (χ2v) is 5.91. The van der Waals surface area contributed by atoms with E-state index in [0.29, 0.717) is 17.2 Å². The van der Waals surface area contributed by atoms with Crippen molar-refractivity contribution in [2.45, 2.75) is 0 Å². The van der Waals surface area contributed by atoms with Crippen molar-refractivity contribution >= 4 is 22.5 Å². The van der Waals surface area contributed by atoms with Gasteiger partial charge in [0.15, 0.2) is 0 Å². The third-order valence-corrected chi connectivity index (χ3v) is 4.17. The first-order valence-electron chi connectivity index (χ1n) is 8.35. The SMILES string of the molecule is COc1cc(F)cc2c(=O)n(-c3ccccc3)c(Nc3ccccc3)nc12. The van der Waals surface area contributed by atoms with Crippen molar-refractivity contribution in [3.63, 3.8) is 0 Å². The van der Waals surface area contributed by atoms with Crippen LogP contribution in [0.3, 0.4) is 0 Å². The normalized spacial score (nSPS) is 10.7. The Hall–Kier alpha value is -3.67. The molecule has 27 heavy (non-hydrogen) atoms. The Balaban J connectivity index is 2.04. The van der Waals surface area contributed by atoms with Crippen LogP contribution in [0.15, 0.2) is 77.6 Å². The molecule has 134 valence electrons. The van der Waals surface area contributed by atoms with E-state index >= 15 is 0 Å². The van der Waals surface area contributed by atoms with Crippen LogP contribution in [0.4, 0.5) is 16.0 Å². The molecule has 0 fully saturated rings. The van der Waals surface area contributed by atoms with Gasteiger partial charge in [-0.05, 0) is 30.3 Å². The summed E-state index contributed by atoms with van der Waals surface area (Å²) in [7, 11) is 1.42. The van der Waals surface area contributed by atoms with Gasteiger partial charge in [-0.1, -0.05) is 36.4 Å². The van der Waals surface area contributed by atoms with Gasteiger partial charge in [0.25, 0.3) is 5.56 Å². The molecule has 0 unspecified atom stereocenters. The van der Waals surface area contributed by atoms with Crippen molar-refractivity contribution in [1.29, 1.82) is 0 Å². The molecule has 4 rings (SSSR count). The summed E-state index contributed by atoms with van der Waals surface area (Å²) in [6.07, 6.45) is 0. The quantitative estimate of drug-likeness (QED) is 0.590. The van der Waals surface area contributed by atoms with Crippen molar-refractivity contribution in [2.75, 3.05) is 12.4 Å². The summed E-state index contributed by atoms with van der Waals surface area (Å²) in [4.78, 5) is 17.8. The van der Waals surface area contributed by atoms with Crippen molar-refractivity contribution in [3.8, 4) is 11.4 Å². The second kappa shape index (κ2) is 6.92. The minimum atomic E-state index is -0.554. The summed E-state index contributed by atoms with van der Waals surface area (Å²) >= 11 is 0. The molecular weight excluding hydrogens is 345 g/mol. The molecule has 1 heterocycles. The van der Waals surface area contributed by atoms with E-state index in [1.165, 1.54) is 23.8 Å². The van der Waals surface area contributed by atoms with Gasteiger partial charge in [0.05, 0.1) is 18.2 Å². The summed E-state index contributed by atoms with van der Waals surface area (Å²) in [6, 6.07) is 20.9. The molecule has 0 aliphatic heterocycles. The summed E-state index contributed by atoms with van der Waals surface area (Å²) < 4.78 is 20.6. The number of rotatable bonds is 4. The largest absolute Gasteiger partial charge is 0.494 e. The molecule has 0 amide bonds. The third-order valence-electron chi connectivity index (χ3n) is 4.17. The number of hydrogen-bond donors (Lipinski definition) is 1. The van der Waals surface area contributed by atoms with Gasteiger partial charge in [0.1, 0.15) is 17.1 Å². The van der Waals surface area contributed by atoms with Gasteiger partial charge < -0.3 is 10.1 Å². The second-order valence-electron chi connectivity index (χ2n) is 5.91. The number of halogens is 1. The molecule has 5 nitrogen and oxygen atoms in total. The molecule has 0 bridgehead atoms. The number of methoxy groups -OCH3 is 1. The molecule has 0 spiro atoms. The van der Waals surface area contributed by atoms with Gasteiger partial charge in [0, 0.05) is 11.8 Å². The lowest BCUT2D eigenvalue weighted by Crippen LogP contribution is -2.23. The van der Waals surface area contributed by atoms with E-state index in [-0.39, 0.29) is 16.7 Å². The molecule has 1 aromatic heterocycles. The zero-order chi connectivity index (χ0) is 18.8. The van der Waals surface area contributed by atoms with E-state index in [9.17, 15) is 9.18 Å². The Morgan fingerprint density at radius 2 is 1.67 bits per heavy atom. The number of ether oxygens (including phenoxy) is 1. The fourth-order valence-electron chi connectivity index (χ4n) is 2.93. The molecule has 0 saturated carbocycles. The maximum atomic E-state index is 14.0. The lowest BCUT2D eigenvalue weighted by Gasteiger charge is -2.16. The fourth-order valence-corrected chi connectivity index (χ4v) is 2.93. The lowest BCUT2D eigenvalue weighted by atomic mass is 10.2. The van der Waals surface area contributed by atoms with Crippen LogP contribution >= 0.6 is 0 Å². The summed E-state index contributed by atoms with van der Waals surface area (Å²) in [5.74, 6) is -0.0325. The van der Waals surface area contributed by atoms with E-state index in [0.717, 1.165) is 5.69 Å². The predicted molar refractivity (Wildman–Crippen MR) is 104 cm³/mol. The molecule has 0 radical (unpaired) electrons. The first-order chi connectivity index (χ1) is 13.2. The highest BCUT2D eigenvalue weighted by Gasteiger charge is 2.17. The van der Waals surface area contributed by atoms with Gasteiger partial charge >= 0.3 is 0 Å². The van der Waals surface area contributed by atoms with Crippen LogP contribution in [0, 0.1) is 5.82 Å². The average Bonchev–Trinajstić information content (AvgIpc) is 2.70. The van der Waals surface area contributed by atoms with Crippen LogP contribution < -0.4 is 15.6 Å². The molecule has 1 N–H and O–H groups in total. The number of para-hydroxylation sites is 2. The van der Waals surface area contributed by atoms with Crippen LogP contribution in [0.5, 0.6) is 5.75 Å². The molecule has 4 aromatic rings. The number of anilines is 2. The number of nitrogens with zero attached hydrogens (tertiary/aromatic N) is 2. The smallest absolute Gasteiger partial charge is 0.267 e. The minimum absolute atomic E-state index is 0.148. The maximum absolute atomic E-state index is 14.0. The summed E-state index contributed by atoms with van der Waals surface area (Å²) in [5, 5.41) is 3.32. The molecule has 0 aliphatic carbocycles. The molecule has 0 aliphatic rings. The first-order valence-corrected chi connectivity index (χ1v) is 8.35. The highest BCUT2D eigenvalue weighted by molar-refractivity contribution is 5.85. The van der Waals surface area contributed by atoms with Crippen LogP contribution in [-0.4, -0.2) is 16.7 Å². The monoisotopic (exact) mass is 361 g/mol. The van der Waals surface area contributed by atoms with Crippen molar-refractivity contribution < 1.29 is 9.13 Å².